The summed E-state index contributed by atoms with van der Waals surface area (Å²) < 4.78 is 23.0. The zero-order valence-electron chi connectivity index (χ0n) is 9.46. The summed E-state index contributed by atoms with van der Waals surface area (Å²) in [7, 11) is -3.31. The maximum Gasteiger partial charge on any atom is 0.181 e. The number of hydrogen-bond donors (Lipinski definition) is 2. The molecule has 15 heavy (non-hydrogen) atoms. The van der Waals surface area contributed by atoms with Gasteiger partial charge < -0.3 is 5.73 Å². The number of hydrogen-bond acceptors (Lipinski definition) is 4. The van der Waals surface area contributed by atoms with E-state index in [0.29, 0.717) is 12.1 Å². The van der Waals surface area contributed by atoms with Gasteiger partial charge in [-0.05, 0) is 11.8 Å². The van der Waals surface area contributed by atoms with E-state index in [0.717, 1.165) is 6.26 Å². The Hall–Kier alpha value is -1.04. The smallest absolute Gasteiger partial charge is 0.181 e. The fourth-order valence-corrected chi connectivity index (χ4v) is 2.44. The van der Waals surface area contributed by atoms with Crippen molar-refractivity contribution in [3.8, 4) is 0 Å². The van der Waals surface area contributed by atoms with Crippen LogP contribution >= 0.6 is 0 Å². The van der Waals surface area contributed by atoms with E-state index in [-0.39, 0.29) is 16.1 Å². The van der Waals surface area contributed by atoms with Crippen molar-refractivity contribution in [2.24, 2.45) is 5.41 Å². The first kappa shape index (κ1) is 12.0. The van der Waals surface area contributed by atoms with E-state index < -0.39 is 9.84 Å². The molecular formula is C9H17N3O2S. The van der Waals surface area contributed by atoms with Crippen molar-refractivity contribution in [1.29, 1.82) is 0 Å². The van der Waals surface area contributed by atoms with Crippen LogP contribution in [0.15, 0.2) is 4.90 Å². The lowest BCUT2D eigenvalue weighted by Gasteiger charge is -2.17. The van der Waals surface area contributed by atoms with Crippen LogP contribution in [0.4, 0.5) is 5.82 Å². The minimum absolute atomic E-state index is 0.0155. The highest BCUT2D eigenvalue weighted by Crippen LogP contribution is 2.27. The molecular weight excluding hydrogens is 214 g/mol. The summed E-state index contributed by atoms with van der Waals surface area (Å²) in [6.45, 7) is 6.07. The van der Waals surface area contributed by atoms with E-state index in [1.807, 2.05) is 20.8 Å². The Morgan fingerprint density at radius 1 is 1.40 bits per heavy atom. The van der Waals surface area contributed by atoms with E-state index in [9.17, 15) is 8.42 Å². The van der Waals surface area contributed by atoms with Gasteiger partial charge in [0.05, 0.1) is 5.69 Å². The van der Waals surface area contributed by atoms with Crippen molar-refractivity contribution in [1.82, 2.24) is 10.2 Å². The summed E-state index contributed by atoms with van der Waals surface area (Å²) in [5, 5.41) is 6.42. The monoisotopic (exact) mass is 231 g/mol. The van der Waals surface area contributed by atoms with Crippen LogP contribution in [0, 0.1) is 5.41 Å². The largest absolute Gasteiger partial charge is 0.381 e. The minimum atomic E-state index is -3.31. The van der Waals surface area contributed by atoms with Crippen molar-refractivity contribution < 1.29 is 8.42 Å². The van der Waals surface area contributed by atoms with Crippen LogP contribution < -0.4 is 5.73 Å². The van der Waals surface area contributed by atoms with E-state index in [1.165, 1.54) is 0 Å². The summed E-state index contributed by atoms with van der Waals surface area (Å²) in [5.74, 6) is 0.0525. The summed E-state index contributed by atoms with van der Waals surface area (Å²) in [6, 6.07) is 0. The molecule has 3 N–H and O–H groups in total. The van der Waals surface area contributed by atoms with Gasteiger partial charge in [-0.15, -0.1) is 0 Å². The molecule has 0 amide bonds. The third kappa shape index (κ3) is 2.95. The van der Waals surface area contributed by atoms with Gasteiger partial charge in [0, 0.05) is 6.26 Å². The molecule has 0 spiro atoms. The van der Waals surface area contributed by atoms with Gasteiger partial charge in [-0.1, -0.05) is 20.8 Å². The average Bonchev–Trinajstić information content (AvgIpc) is 2.25. The standard InChI is InChI=1S/C9H17N3O2S/c1-9(2,3)5-6-7(15(4,13)14)8(10)12-11-6/h5H2,1-4H3,(H3,10,11,12). The van der Waals surface area contributed by atoms with Gasteiger partial charge in [0.15, 0.2) is 15.7 Å². The molecule has 0 atom stereocenters. The fraction of sp³-hybridized carbons (Fsp3) is 0.667. The third-order valence-electron chi connectivity index (χ3n) is 1.90. The quantitative estimate of drug-likeness (QED) is 0.794. The van der Waals surface area contributed by atoms with Gasteiger partial charge in [-0.3, -0.25) is 5.10 Å². The number of anilines is 1. The second kappa shape index (κ2) is 3.52. The molecule has 1 heterocycles. The van der Waals surface area contributed by atoms with Gasteiger partial charge in [0.1, 0.15) is 4.90 Å². The maximum absolute atomic E-state index is 11.5. The van der Waals surface area contributed by atoms with E-state index >= 15 is 0 Å². The van der Waals surface area contributed by atoms with Crippen molar-refractivity contribution in [3.05, 3.63) is 5.69 Å². The van der Waals surface area contributed by atoms with E-state index in [2.05, 4.69) is 10.2 Å². The normalized spacial score (nSPS) is 13.1. The average molecular weight is 231 g/mol. The Morgan fingerprint density at radius 2 is 1.93 bits per heavy atom. The number of sulfone groups is 1. The first-order valence-electron chi connectivity index (χ1n) is 4.64. The summed E-state index contributed by atoms with van der Waals surface area (Å²) in [6.07, 6.45) is 1.74. The Bertz CT molecular complexity index is 454. The van der Waals surface area contributed by atoms with E-state index in [1.54, 1.807) is 0 Å². The van der Waals surface area contributed by atoms with Crippen molar-refractivity contribution in [2.75, 3.05) is 12.0 Å². The molecule has 0 radical (unpaired) electrons. The first-order chi connectivity index (χ1) is 6.61. The molecule has 6 heteroatoms. The number of H-pyrrole nitrogens is 1. The number of nitrogens with one attached hydrogen (secondary N) is 1. The Labute approximate surface area is 90.0 Å². The van der Waals surface area contributed by atoms with Gasteiger partial charge in [0.25, 0.3) is 0 Å². The first-order valence-corrected chi connectivity index (χ1v) is 6.53. The number of nitrogen functional groups attached to an aromatic ring is 1. The molecule has 0 fully saturated rings. The molecule has 0 saturated carbocycles. The summed E-state index contributed by atoms with van der Waals surface area (Å²) >= 11 is 0. The molecule has 1 aromatic rings. The zero-order chi connectivity index (χ0) is 11.9. The van der Waals surface area contributed by atoms with Crippen LogP contribution in [-0.4, -0.2) is 24.9 Å². The molecule has 0 aliphatic carbocycles. The second-order valence-electron chi connectivity index (χ2n) is 4.93. The molecule has 86 valence electrons. The lowest BCUT2D eigenvalue weighted by Crippen LogP contribution is -2.12. The lowest BCUT2D eigenvalue weighted by molar-refractivity contribution is 0.403. The van der Waals surface area contributed by atoms with Crippen LogP contribution in [0.25, 0.3) is 0 Å². The van der Waals surface area contributed by atoms with Crippen LogP contribution in [0.2, 0.25) is 0 Å². The van der Waals surface area contributed by atoms with Gasteiger partial charge in [0.2, 0.25) is 0 Å². The molecule has 5 nitrogen and oxygen atoms in total. The highest BCUT2D eigenvalue weighted by atomic mass is 32.2. The number of aromatic nitrogens is 2. The molecule has 1 aromatic heterocycles. The molecule has 0 unspecified atom stereocenters. The summed E-state index contributed by atoms with van der Waals surface area (Å²) in [5.41, 5.74) is 6.10. The Morgan fingerprint density at radius 3 is 2.33 bits per heavy atom. The molecule has 0 aliphatic rings. The van der Waals surface area contributed by atoms with Crippen LogP contribution in [0.1, 0.15) is 26.5 Å². The minimum Gasteiger partial charge on any atom is -0.381 e. The molecule has 0 bridgehead atoms. The molecule has 0 aliphatic heterocycles. The van der Waals surface area contributed by atoms with Crippen molar-refractivity contribution >= 4 is 15.7 Å². The SMILES string of the molecule is CC(C)(C)Cc1[nH]nc(N)c1S(C)(=O)=O. The highest BCUT2D eigenvalue weighted by Gasteiger charge is 2.24. The fourth-order valence-electron chi connectivity index (χ4n) is 1.45. The molecule has 0 saturated heterocycles. The Kier molecular flexibility index (Phi) is 2.82. The van der Waals surface area contributed by atoms with Gasteiger partial charge in [-0.2, -0.15) is 5.10 Å². The van der Waals surface area contributed by atoms with Gasteiger partial charge in [-0.25, -0.2) is 8.42 Å². The number of nitrogens with zero attached hydrogens (tertiary/aromatic N) is 1. The highest BCUT2D eigenvalue weighted by molar-refractivity contribution is 7.91. The van der Waals surface area contributed by atoms with Gasteiger partial charge >= 0.3 is 0 Å². The Balaban J connectivity index is 3.22. The second-order valence-corrected chi connectivity index (χ2v) is 6.88. The number of aromatic amines is 1. The number of nitrogens with two attached hydrogens (primary N) is 1. The lowest BCUT2D eigenvalue weighted by atomic mass is 9.91. The van der Waals surface area contributed by atoms with Crippen molar-refractivity contribution in [3.63, 3.8) is 0 Å². The summed E-state index contributed by atoms with van der Waals surface area (Å²) in [4.78, 5) is 0.137. The van der Waals surface area contributed by atoms with Crippen LogP contribution in [0.5, 0.6) is 0 Å². The van der Waals surface area contributed by atoms with Crippen molar-refractivity contribution in [2.45, 2.75) is 32.1 Å². The van der Waals surface area contributed by atoms with Crippen LogP contribution in [-0.2, 0) is 16.3 Å². The van der Waals surface area contributed by atoms with Crippen LogP contribution in [0.3, 0.4) is 0 Å². The predicted molar refractivity (Wildman–Crippen MR) is 59.3 cm³/mol. The maximum atomic E-state index is 11.5. The van der Waals surface area contributed by atoms with E-state index in [4.69, 9.17) is 5.73 Å². The zero-order valence-corrected chi connectivity index (χ0v) is 10.3. The molecule has 0 aromatic carbocycles. The predicted octanol–water partition coefficient (Wildman–Crippen LogP) is 0.984. The third-order valence-corrected chi connectivity index (χ3v) is 3.09. The molecule has 1 rings (SSSR count). The topological polar surface area (TPSA) is 88.8 Å². The number of rotatable bonds is 2.